The Kier molecular flexibility index (Phi) is 4.09. The molecule has 2 unspecified atom stereocenters. The monoisotopic (exact) mass is 261 g/mol. The number of carboxylic acids is 1. The van der Waals surface area contributed by atoms with E-state index in [-0.39, 0.29) is 12.4 Å². The van der Waals surface area contributed by atoms with E-state index in [9.17, 15) is 9.59 Å². The maximum atomic E-state index is 11.5. The fourth-order valence-electron chi connectivity index (χ4n) is 2.08. The molecule has 0 bridgehead atoms. The van der Waals surface area contributed by atoms with Gasteiger partial charge in [0.15, 0.2) is 0 Å². The van der Waals surface area contributed by atoms with E-state index in [4.69, 9.17) is 9.84 Å². The zero-order valence-corrected chi connectivity index (χ0v) is 11.4. The second kappa shape index (κ2) is 4.86. The lowest BCUT2D eigenvalue weighted by molar-refractivity contribution is -0.145. The summed E-state index contributed by atoms with van der Waals surface area (Å²) in [5.74, 6) is -1.20. The topological polar surface area (TPSA) is 75.6 Å². The van der Waals surface area contributed by atoms with E-state index in [2.05, 4.69) is 5.32 Å². The molecule has 1 rings (SSSR count). The first-order valence-corrected chi connectivity index (χ1v) is 6.38. The molecule has 0 aromatic heterocycles. The van der Waals surface area contributed by atoms with Gasteiger partial charge in [0, 0.05) is 4.75 Å². The Morgan fingerprint density at radius 3 is 2.41 bits per heavy atom. The van der Waals surface area contributed by atoms with E-state index >= 15 is 0 Å². The lowest BCUT2D eigenvalue weighted by Gasteiger charge is -2.24. The minimum Gasteiger partial charge on any atom is -0.480 e. The van der Waals surface area contributed by atoms with Crippen LogP contribution < -0.4 is 5.32 Å². The molecule has 0 aromatic rings. The average Bonchev–Trinajstić information content (AvgIpc) is 2.35. The van der Waals surface area contributed by atoms with Crippen molar-refractivity contribution in [3.63, 3.8) is 0 Å². The molecule has 1 aliphatic heterocycles. The van der Waals surface area contributed by atoms with Crippen LogP contribution in [0.5, 0.6) is 0 Å². The Bertz CT molecular complexity index is 331. The van der Waals surface area contributed by atoms with Crippen molar-refractivity contribution in [2.45, 2.75) is 49.8 Å². The summed E-state index contributed by atoms with van der Waals surface area (Å²) in [7, 11) is 0. The zero-order chi connectivity index (χ0) is 13.3. The van der Waals surface area contributed by atoms with Gasteiger partial charge in [-0.1, -0.05) is 0 Å². The molecule has 2 N–H and O–H groups in total. The minimum absolute atomic E-state index is 0.165. The van der Waals surface area contributed by atoms with Crippen LogP contribution in [0.25, 0.3) is 0 Å². The van der Waals surface area contributed by atoms with Crippen molar-refractivity contribution in [2.24, 2.45) is 0 Å². The lowest BCUT2D eigenvalue weighted by atomic mass is 10.0. The maximum Gasteiger partial charge on any atom is 0.322 e. The first kappa shape index (κ1) is 14.3. The van der Waals surface area contributed by atoms with E-state index < -0.39 is 21.6 Å². The third kappa shape index (κ3) is 3.35. The van der Waals surface area contributed by atoms with E-state index in [0.29, 0.717) is 6.61 Å². The van der Waals surface area contributed by atoms with E-state index in [0.717, 1.165) is 0 Å². The zero-order valence-electron chi connectivity index (χ0n) is 10.6. The molecule has 6 heteroatoms. The standard InChI is InChI=1S/C11H19NO4S/c1-5-16-7(13)6-11(4)12-8(9(14)15)10(2,3)17-11/h8,12H,5-6H2,1-4H3,(H,14,15). The molecule has 1 saturated heterocycles. The molecule has 0 aliphatic carbocycles. The van der Waals surface area contributed by atoms with Gasteiger partial charge >= 0.3 is 11.9 Å². The summed E-state index contributed by atoms with van der Waals surface area (Å²) < 4.78 is 4.44. The quantitative estimate of drug-likeness (QED) is 0.741. The number of carbonyl (C=O) groups is 2. The molecule has 17 heavy (non-hydrogen) atoms. The first-order valence-electron chi connectivity index (χ1n) is 5.56. The van der Waals surface area contributed by atoms with Gasteiger partial charge in [-0.15, -0.1) is 11.8 Å². The Hall–Kier alpha value is -0.750. The predicted octanol–water partition coefficient (Wildman–Crippen LogP) is 1.22. The van der Waals surface area contributed by atoms with Gasteiger partial charge in [0.1, 0.15) is 6.04 Å². The molecular weight excluding hydrogens is 242 g/mol. The van der Waals surface area contributed by atoms with Crippen molar-refractivity contribution in [2.75, 3.05) is 6.61 Å². The van der Waals surface area contributed by atoms with E-state index in [1.54, 1.807) is 6.92 Å². The minimum atomic E-state index is -0.893. The summed E-state index contributed by atoms with van der Waals surface area (Å²) >= 11 is 1.47. The summed E-state index contributed by atoms with van der Waals surface area (Å²) in [5.41, 5.74) is 0. The summed E-state index contributed by atoms with van der Waals surface area (Å²) in [5, 5.41) is 12.1. The van der Waals surface area contributed by atoms with Gasteiger partial charge in [0.25, 0.3) is 0 Å². The highest BCUT2D eigenvalue weighted by molar-refractivity contribution is 8.02. The molecule has 1 heterocycles. The maximum absolute atomic E-state index is 11.5. The number of carbonyl (C=O) groups excluding carboxylic acids is 1. The third-order valence-electron chi connectivity index (χ3n) is 2.67. The second-order valence-electron chi connectivity index (χ2n) is 4.83. The van der Waals surface area contributed by atoms with Crippen molar-refractivity contribution in [1.82, 2.24) is 5.32 Å². The van der Waals surface area contributed by atoms with Crippen molar-refractivity contribution in [1.29, 1.82) is 0 Å². The van der Waals surface area contributed by atoms with Crippen LogP contribution in [0.4, 0.5) is 0 Å². The number of nitrogens with one attached hydrogen (secondary N) is 1. The summed E-state index contributed by atoms with van der Waals surface area (Å²) in [6, 6.07) is -0.660. The molecule has 0 aromatic carbocycles. The van der Waals surface area contributed by atoms with Gasteiger partial charge in [0.05, 0.1) is 17.9 Å². The molecule has 98 valence electrons. The molecule has 1 aliphatic rings. The Labute approximate surface area is 105 Å². The SMILES string of the molecule is CCOC(=O)CC1(C)NC(C(=O)O)C(C)(C)S1. The van der Waals surface area contributed by atoms with Gasteiger partial charge in [-0.3, -0.25) is 14.9 Å². The van der Waals surface area contributed by atoms with Crippen molar-refractivity contribution < 1.29 is 19.4 Å². The molecule has 0 saturated carbocycles. The Balaban J connectivity index is 2.74. The van der Waals surface area contributed by atoms with Gasteiger partial charge in [-0.05, 0) is 27.7 Å². The number of hydrogen-bond donors (Lipinski definition) is 2. The number of hydrogen-bond acceptors (Lipinski definition) is 5. The number of aliphatic carboxylic acids is 1. The van der Waals surface area contributed by atoms with Crippen LogP contribution in [0.2, 0.25) is 0 Å². The van der Waals surface area contributed by atoms with Crippen LogP contribution in [-0.4, -0.2) is 39.3 Å². The van der Waals surface area contributed by atoms with Crippen LogP contribution in [0.3, 0.4) is 0 Å². The third-order valence-corrected chi connectivity index (χ3v) is 4.14. The van der Waals surface area contributed by atoms with Gasteiger partial charge in [-0.25, -0.2) is 0 Å². The molecule has 1 fully saturated rings. The number of thioether (sulfide) groups is 1. The summed E-state index contributed by atoms with van der Waals surface area (Å²) in [4.78, 5) is 22.0. The van der Waals surface area contributed by atoms with Gasteiger partial charge < -0.3 is 9.84 Å². The van der Waals surface area contributed by atoms with Crippen molar-refractivity contribution in [3.8, 4) is 0 Å². The largest absolute Gasteiger partial charge is 0.480 e. The number of carboxylic acid groups (broad SMARTS) is 1. The van der Waals surface area contributed by atoms with Crippen LogP contribution in [0.15, 0.2) is 0 Å². The second-order valence-corrected chi connectivity index (χ2v) is 6.99. The van der Waals surface area contributed by atoms with E-state index in [1.807, 2.05) is 20.8 Å². The van der Waals surface area contributed by atoms with E-state index in [1.165, 1.54) is 11.8 Å². The molecule has 0 spiro atoms. The predicted molar refractivity (Wildman–Crippen MR) is 65.9 cm³/mol. The van der Waals surface area contributed by atoms with Crippen LogP contribution in [0.1, 0.15) is 34.1 Å². The normalized spacial score (nSPS) is 31.2. The molecule has 0 radical (unpaired) electrons. The van der Waals surface area contributed by atoms with Crippen molar-refractivity contribution in [3.05, 3.63) is 0 Å². The average molecular weight is 261 g/mol. The fourth-order valence-corrected chi connectivity index (χ4v) is 3.89. The van der Waals surface area contributed by atoms with Crippen molar-refractivity contribution >= 4 is 23.7 Å². The highest BCUT2D eigenvalue weighted by Gasteiger charge is 2.51. The lowest BCUT2D eigenvalue weighted by Crippen LogP contribution is -2.48. The molecular formula is C11H19NO4S. The molecule has 5 nitrogen and oxygen atoms in total. The summed E-state index contributed by atoms with van der Waals surface area (Å²) in [6.45, 7) is 7.64. The highest BCUT2D eigenvalue weighted by Crippen LogP contribution is 2.46. The Morgan fingerprint density at radius 2 is 2.00 bits per heavy atom. The first-order chi connectivity index (χ1) is 7.70. The fraction of sp³-hybridized carbons (Fsp3) is 0.818. The Morgan fingerprint density at radius 1 is 1.41 bits per heavy atom. The van der Waals surface area contributed by atoms with Gasteiger partial charge in [0.2, 0.25) is 0 Å². The smallest absolute Gasteiger partial charge is 0.322 e. The van der Waals surface area contributed by atoms with Crippen LogP contribution in [-0.2, 0) is 14.3 Å². The van der Waals surface area contributed by atoms with Crippen LogP contribution >= 0.6 is 11.8 Å². The molecule has 2 atom stereocenters. The van der Waals surface area contributed by atoms with Gasteiger partial charge in [-0.2, -0.15) is 0 Å². The molecule has 0 amide bonds. The number of esters is 1. The van der Waals surface area contributed by atoms with Crippen LogP contribution in [0, 0.1) is 0 Å². The summed E-state index contributed by atoms with van der Waals surface area (Å²) in [6.07, 6.45) is 0.165. The number of ether oxygens (including phenoxy) is 1. The highest BCUT2D eigenvalue weighted by atomic mass is 32.2. The number of rotatable bonds is 4.